The molecule has 2 nitrogen and oxygen atoms in total. The first-order chi connectivity index (χ1) is 7.83. The molecular formula is C12H7ClN2S. The number of hydrogen-bond donors (Lipinski definition) is 0. The van der Waals surface area contributed by atoms with Crippen LogP contribution < -0.4 is 0 Å². The van der Waals surface area contributed by atoms with Crippen molar-refractivity contribution in [1.29, 1.82) is 0 Å². The van der Waals surface area contributed by atoms with Gasteiger partial charge in [-0.2, -0.15) is 4.37 Å². The highest BCUT2D eigenvalue weighted by Gasteiger charge is 2.05. The lowest BCUT2D eigenvalue weighted by atomic mass is 10.1. The molecule has 1 heterocycles. The van der Waals surface area contributed by atoms with Gasteiger partial charge in [0.2, 0.25) is 5.28 Å². The van der Waals surface area contributed by atoms with Crippen molar-refractivity contribution in [2.45, 2.75) is 0 Å². The van der Waals surface area contributed by atoms with E-state index in [9.17, 15) is 0 Å². The molecule has 3 aromatic rings. The molecule has 4 heteroatoms. The van der Waals surface area contributed by atoms with Gasteiger partial charge in [0, 0.05) is 5.56 Å². The third-order valence-electron chi connectivity index (χ3n) is 2.40. The minimum atomic E-state index is 0.313. The molecule has 1 aromatic heterocycles. The van der Waals surface area contributed by atoms with E-state index in [0.29, 0.717) is 5.28 Å². The Kier molecular flexibility index (Phi) is 2.35. The van der Waals surface area contributed by atoms with Gasteiger partial charge < -0.3 is 0 Å². The molecule has 0 atom stereocenters. The first-order valence-corrected chi connectivity index (χ1v) is 5.96. The summed E-state index contributed by atoms with van der Waals surface area (Å²) >= 11 is 7.03. The van der Waals surface area contributed by atoms with Crippen LogP contribution in [-0.4, -0.2) is 9.36 Å². The Morgan fingerprint density at radius 1 is 1.00 bits per heavy atom. The number of fused-ring (bicyclic) bond motifs is 1. The average molecular weight is 247 g/mol. The molecule has 0 fully saturated rings. The third-order valence-corrected chi connectivity index (χ3v) is 3.43. The smallest absolute Gasteiger partial charge is 0.205 e. The maximum atomic E-state index is 5.72. The number of benzene rings is 2. The Morgan fingerprint density at radius 3 is 2.56 bits per heavy atom. The van der Waals surface area contributed by atoms with Crippen LogP contribution in [0.4, 0.5) is 0 Å². The van der Waals surface area contributed by atoms with Gasteiger partial charge in [-0.1, -0.05) is 36.4 Å². The van der Waals surface area contributed by atoms with Crippen LogP contribution in [0.5, 0.6) is 0 Å². The van der Waals surface area contributed by atoms with E-state index in [1.54, 1.807) is 0 Å². The van der Waals surface area contributed by atoms with Gasteiger partial charge >= 0.3 is 0 Å². The fraction of sp³-hybridized carbons (Fsp3) is 0. The molecule has 78 valence electrons. The van der Waals surface area contributed by atoms with E-state index in [1.165, 1.54) is 22.3 Å². The number of rotatable bonds is 1. The van der Waals surface area contributed by atoms with Crippen molar-refractivity contribution in [3.8, 4) is 10.6 Å². The standard InChI is InChI=1S/C12H7ClN2S/c13-12-14-11(16-15-12)10-6-5-8-3-1-2-4-9(8)7-10/h1-7H. The Morgan fingerprint density at radius 2 is 1.81 bits per heavy atom. The Hall–Kier alpha value is -1.45. The zero-order chi connectivity index (χ0) is 11.0. The number of hydrogen-bond acceptors (Lipinski definition) is 3. The summed E-state index contributed by atoms with van der Waals surface area (Å²) in [5, 5.41) is 3.59. The van der Waals surface area contributed by atoms with Crippen LogP contribution in [-0.2, 0) is 0 Å². The second-order valence-corrected chi connectivity index (χ2v) is 4.52. The van der Waals surface area contributed by atoms with Gasteiger partial charge in [0.1, 0.15) is 5.01 Å². The highest BCUT2D eigenvalue weighted by atomic mass is 35.5. The monoisotopic (exact) mass is 246 g/mol. The van der Waals surface area contributed by atoms with E-state index in [4.69, 9.17) is 11.6 Å². The van der Waals surface area contributed by atoms with Gasteiger partial charge in [-0.05, 0) is 40.0 Å². The van der Waals surface area contributed by atoms with Crippen molar-refractivity contribution < 1.29 is 0 Å². The SMILES string of the molecule is Clc1nsc(-c2ccc3ccccc3c2)n1. The molecule has 16 heavy (non-hydrogen) atoms. The van der Waals surface area contributed by atoms with Crippen molar-refractivity contribution in [3.63, 3.8) is 0 Å². The predicted octanol–water partition coefficient (Wildman–Crippen LogP) is 4.01. The second-order valence-electron chi connectivity index (χ2n) is 3.43. The quantitative estimate of drug-likeness (QED) is 0.648. The molecule has 0 saturated carbocycles. The predicted molar refractivity (Wildman–Crippen MR) is 67.9 cm³/mol. The first kappa shape index (κ1) is 9.75. The molecule has 0 bridgehead atoms. The molecule has 0 amide bonds. The van der Waals surface area contributed by atoms with Crippen LogP contribution in [0, 0.1) is 0 Å². The van der Waals surface area contributed by atoms with Crippen LogP contribution in [0.2, 0.25) is 5.28 Å². The summed E-state index contributed by atoms with van der Waals surface area (Å²) in [6.45, 7) is 0. The van der Waals surface area contributed by atoms with Crippen molar-refractivity contribution in [3.05, 3.63) is 47.7 Å². The lowest BCUT2D eigenvalue weighted by Gasteiger charge is -1.99. The number of halogens is 1. The lowest BCUT2D eigenvalue weighted by Crippen LogP contribution is -1.77. The zero-order valence-corrected chi connectivity index (χ0v) is 9.79. The minimum Gasteiger partial charge on any atom is -0.205 e. The fourth-order valence-corrected chi connectivity index (χ4v) is 2.45. The minimum absolute atomic E-state index is 0.313. The molecule has 0 saturated heterocycles. The lowest BCUT2D eigenvalue weighted by molar-refractivity contribution is 1.33. The van der Waals surface area contributed by atoms with Gasteiger partial charge in [0.15, 0.2) is 0 Å². The van der Waals surface area contributed by atoms with Crippen molar-refractivity contribution in [2.75, 3.05) is 0 Å². The van der Waals surface area contributed by atoms with Crippen molar-refractivity contribution in [2.24, 2.45) is 0 Å². The van der Waals surface area contributed by atoms with Crippen LogP contribution in [0.1, 0.15) is 0 Å². The highest BCUT2D eigenvalue weighted by molar-refractivity contribution is 7.09. The highest BCUT2D eigenvalue weighted by Crippen LogP contribution is 2.26. The summed E-state index contributed by atoms with van der Waals surface area (Å²) in [4.78, 5) is 4.16. The fourth-order valence-electron chi connectivity index (χ4n) is 1.65. The Bertz CT molecular complexity index is 648. The summed E-state index contributed by atoms with van der Waals surface area (Å²) < 4.78 is 3.97. The van der Waals surface area contributed by atoms with Crippen LogP contribution in [0.3, 0.4) is 0 Å². The molecule has 0 radical (unpaired) electrons. The van der Waals surface area contributed by atoms with Gasteiger partial charge in [0.25, 0.3) is 0 Å². The number of nitrogens with zero attached hydrogens (tertiary/aromatic N) is 2. The van der Waals surface area contributed by atoms with Gasteiger partial charge in [-0.15, -0.1) is 0 Å². The molecule has 0 N–H and O–H groups in total. The van der Waals surface area contributed by atoms with E-state index in [-0.39, 0.29) is 0 Å². The Balaban J connectivity index is 2.18. The van der Waals surface area contributed by atoms with E-state index in [1.807, 2.05) is 18.2 Å². The molecule has 0 aliphatic heterocycles. The maximum Gasteiger partial charge on any atom is 0.234 e. The third kappa shape index (κ3) is 1.68. The van der Waals surface area contributed by atoms with Gasteiger partial charge in [-0.25, -0.2) is 4.98 Å². The summed E-state index contributed by atoms with van der Waals surface area (Å²) in [5.41, 5.74) is 1.06. The van der Waals surface area contributed by atoms with E-state index >= 15 is 0 Å². The summed E-state index contributed by atoms with van der Waals surface area (Å²) in [7, 11) is 0. The largest absolute Gasteiger partial charge is 0.234 e. The van der Waals surface area contributed by atoms with Crippen LogP contribution in [0.15, 0.2) is 42.5 Å². The average Bonchev–Trinajstić information content (AvgIpc) is 2.75. The molecule has 0 aliphatic carbocycles. The van der Waals surface area contributed by atoms with Gasteiger partial charge in [0.05, 0.1) is 0 Å². The molecule has 2 aromatic carbocycles. The topological polar surface area (TPSA) is 25.8 Å². The molecular weight excluding hydrogens is 240 g/mol. The summed E-state index contributed by atoms with van der Waals surface area (Å²) in [5.74, 6) is 0. The van der Waals surface area contributed by atoms with Gasteiger partial charge in [-0.3, -0.25) is 0 Å². The molecule has 0 unspecified atom stereocenters. The number of aromatic nitrogens is 2. The van der Waals surface area contributed by atoms with Crippen molar-refractivity contribution in [1.82, 2.24) is 9.36 Å². The van der Waals surface area contributed by atoms with Crippen LogP contribution in [0.25, 0.3) is 21.3 Å². The molecule has 0 aliphatic rings. The van der Waals surface area contributed by atoms with E-state index in [0.717, 1.165) is 10.6 Å². The second kappa shape index (κ2) is 3.85. The molecule has 0 spiro atoms. The summed E-state index contributed by atoms with van der Waals surface area (Å²) in [6, 6.07) is 14.5. The zero-order valence-electron chi connectivity index (χ0n) is 8.22. The normalized spacial score (nSPS) is 10.8. The molecule has 3 rings (SSSR count). The maximum absolute atomic E-state index is 5.72. The van der Waals surface area contributed by atoms with E-state index < -0.39 is 0 Å². The van der Waals surface area contributed by atoms with E-state index in [2.05, 4.69) is 33.6 Å². The van der Waals surface area contributed by atoms with Crippen molar-refractivity contribution >= 4 is 33.9 Å². The first-order valence-electron chi connectivity index (χ1n) is 4.81. The summed E-state index contributed by atoms with van der Waals surface area (Å²) in [6.07, 6.45) is 0. The Labute approximate surface area is 102 Å². The van der Waals surface area contributed by atoms with Crippen LogP contribution >= 0.6 is 23.1 Å².